The maximum atomic E-state index is 12.0. The number of hydrogen-bond donors (Lipinski definition) is 3. The van der Waals surface area contributed by atoms with Crippen molar-refractivity contribution in [2.24, 2.45) is 0 Å². The number of nitrogens with one attached hydrogen (secondary N) is 1. The zero-order chi connectivity index (χ0) is 14.6. The second-order valence-electron chi connectivity index (χ2n) is 5.35. The summed E-state index contributed by atoms with van der Waals surface area (Å²) in [5.74, 6) is -0.400. The molecule has 0 bridgehead atoms. The summed E-state index contributed by atoms with van der Waals surface area (Å²) >= 11 is 5.91. The number of rotatable bonds is 4. The summed E-state index contributed by atoms with van der Waals surface area (Å²) in [6.07, 6.45) is 0. The largest absolute Gasteiger partial charge is 0.394 e. The summed E-state index contributed by atoms with van der Waals surface area (Å²) in [5.41, 5.74) is 0.833. The Balaban J connectivity index is 3.01. The van der Waals surface area contributed by atoms with Crippen molar-refractivity contribution in [3.05, 3.63) is 28.5 Å². The first-order valence-corrected chi connectivity index (χ1v) is 6.36. The fourth-order valence-corrected chi connectivity index (χ4v) is 1.64. The third kappa shape index (κ3) is 4.45. The molecule has 19 heavy (non-hydrogen) atoms. The highest BCUT2D eigenvalue weighted by Gasteiger charge is 2.20. The molecule has 0 aliphatic heterocycles. The fourth-order valence-electron chi connectivity index (χ4n) is 1.43. The van der Waals surface area contributed by atoms with Gasteiger partial charge in [-0.2, -0.15) is 0 Å². The van der Waals surface area contributed by atoms with Crippen molar-refractivity contribution in [2.45, 2.75) is 32.2 Å². The smallest absolute Gasteiger partial charge is 0.251 e. The number of halogens is 1. The minimum Gasteiger partial charge on any atom is -0.394 e. The highest BCUT2D eigenvalue weighted by atomic mass is 35.5. The van der Waals surface area contributed by atoms with Gasteiger partial charge in [0.25, 0.3) is 5.91 Å². The molecule has 0 aliphatic rings. The topological polar surface area (TPSA) is 82.5 Å². The van der Waals surface area contributed by atoms with Gasteiger partial charge in [0.2, 0.25) is 0 Å². The maximum absolute atomic E-state index is 12.0. The number of carbonyl (C=O) groups is 1. The molecule has 0 saturated heterocycles. The summed E-state index contributed by atoms with van der Waals surface area (Å²) in [5, 5.41) is 20.6. The fraction of sp³-hybridized carbons (Fsp3) is 0.538. The van der Waals surface area contributed by atoms with E-state index in [9.17, 15) is 4.79 Å². The minimum atomic E-state index is -0.683. The molecular weight excluding hydrogens is 268 g/mol. The third-order valence-electron chi connectivity index (χ3n) is 2.60. The molecule has 0 atom stereocenters. The lowest BCUT2D eigenvalue weighted by atomic mass is 9.91. The van der Waals surface area contributed by atoms with E-state index >= 15 is 0 Å². The van der Waals surface area contributed by atoms with Crippen LogP contribution in [0.15, 0.2) is 12.1 Å². The van der Waals surface area contributed by atoms with Gasteiger partial charge in [-0.25, -0.2) is 4.98 Å². The zero-order valence-corrected chi connectivity index (χ0v) is 12.0. The molecule has 0 spiro atoms. The van der Waals surface area contributed by atoms with Gasteiger partial charge in [-0.3, -0.25) is 4.79 Å². The second kappa shape index (κ2) is 6.32. The van der Waals surface area contributed by atoms with Crippen molar-refractivity contribution >= 4 is 17.5 Å². The number of pyridine rings is 1. The van der Waals surface area contributed by atoms with E-state index in [1.165, 1.54) is 6.07 Å². The van der Waals surface area contributed by atoms with Gasteiger partial charge in [0.15, 0.2) is 0 Å². The monoisotopic (exact) mass is 286 g/mol. The molecule has 0 aromatic carbocycles. The number of nitrogens with zero attached hydrogens (tertiary/aromatic N) is 1. The lowest BCUT2D eigenvalue weighted by Gasteiger charge is -2.19. The molecule has 0 radical (unpaired) electrons. The van der Waals surface area contributed by atoms with Crippen molar-refractivity contribution < 1.29 is 15.0 Å². The van der Waals surface area contributed by atoms with Crippen molar-refractivity contribution in [2.75, 3.05) is 13.2 Å². The Labute approximate surface area is 117 Å². The normalized spacial score (nSPS) is 11.7. The van der Waals surface area contributed by atoms with E-state index < -0.39 is 11.9 Å². The van der Waals surface area contributed by atoms with Crippen LogP contribution in [0.5, 0.6) is 0 Å². The minimum absolute atomic E-state index is 0.229. The van der Waals surface area contributed by atoms with Crippen LogP contribution in [0.25, 0.3) is 0 Å². The van der Waals surface area contributed by atoms with Crippen molar-refractivity contribution in [1.29, 1.82) is 0 Å². The van der Waals surface area contributed by atoms with Gasteiger partial charge < -0.3 is 15.5 Å². The van der Waals surface area contributed by atoms with Gasteiger partial charge in [-0.05, 0) is 12.1 Å². The van der Waals surface area contributed by atoms with Crippen LogP contribution in [-0.2, 0) is 5.41 Å². The summed E-state index contributed by atoms with van der Waals surface area (Å²) in [4.78, 5) is 16.2. The average molecular weight is 287 g/mol. The second-order valence-corrected chi connectivity index (χ2v) is 5.74. The van der Waals surface area contributed by atoms with Gasteiger partial charge >= 0.3 is 0 Å². The summed E-state index contributed by atoms with van der Waals surface area (Å²) in [6.45, 7) is 5.26. The molecule has 5 nitrogen and oxygen atoms in total. The first-order valence-electron chi connectivity index (χ1n) is 5.98. The quantitative estimate of drug-likeness (QED) is 0.724. The van der Waals surface area contributed by atoms with Crippen LogP contribution in [0, 0.1) is 0 Å². The Morgan fingerprint density at radius 3 is 2.42 bits per heavy atom. The standard InChI is InChI=1S/C13H19ClN2O3/c1-13(2,3)10-4-8(5-11(14)16-10)12(19)15-9(6-17)7-18/h4-5,9,17-18H,6-7H2,1-3H3,(H,15,19). The van der Waals surface area contributed by atoms with E-state index in [1.54, 1.807) is 6.07 Å². The van der Waals surface area contributed by atoms with Gasteiger partial charge in [0, 0.05) is 16.7 Å². The zero-order valence-electron chi connectivity index (χ0n) is 11.3. The molecule has 1 aromatic rings. The molecule has 0 fully saturated rings. The Morgan fingerprint density at radius 1 is 1.37 bits per heavy atom. The lowest BCUT2D eigenvalue weighted by molar-refractivity contribution is 0.0879. The molecular formula is C13H19ClN2O3. The maximum Gasteiger partial charge on any atom is 0.251 e. The third-order valence-corrected chi connectivity index (χ3v) is 2.79. The van der Waals surface area contributed by atoms with Crippen LogP contribution in [0.2, 0.25) is 5.15 Å². The Morgan fingerprint density at radius 2 is 1.95 bits per heavy atom. The van der Waals surface area contributed by atoms with Crippen molar-refractivity contribution in [3.8, 4) is 0 Å². The van der Waals surface area contributed by atoms with Crippen LogP contribution in [0.1, 0.15) is 36.8 Å². The first kappa shape index (κ1) is 15.9. The Kier molecular flexibility index (Phi) is 5.29. The molecule has 0 unspecified atom stereocenters. The number of carbonyl (C=O) groups excluding carboxylic acids is 1. The van der Waals surface area contributed by atoms with Gasteiger partial charge in [0.05, 0.1) is 19.3 Å². The molecule has 0 saturated carbocycles. The first-order chi connectivity index (χ1) is 8.77. The van der Waals surface area contributed by atoms with Crippen LogP contribution in [0.3, 0.4) is 0 Å². The van der Waals surface area contributed by atoms with E-state index in [-0.39, 0.29) is 23.8 Å². The van der Waals surface area contributed by atoms with Gasteiger partial charge in [-0.1, -0.05) is 32.4 Å². The van der Waals surface area contributed by atoms with E-state index in [4.69, 9.17) is 21.8 Å². The molecule has 1 heterocycles. The summed E-state index contributed by atoms with van der Waals surface area (Å²) < 4.78 is 0. The summed E-state index contributed by atoms with van der Waals surface area (Å²) in [6, 6.07) is 2.43. The Bertz CT molecular complexity index is 454. The predicted octanol–water partition coefficient (Wildman–Crippen LogP) is 1.12. The van der Waals surface area contributed by atoms with Gasteiger partial charge in [0.1, 0.15) is 5.15 Å². The van der Waals surface area contributed by atoms with Crippen molar-refractivity contribution in [1.82, 2.24) is 10.3 Å². The van der Waals surface area contributed by atoms with Crippen LogP contribution in [-0.4, -0.2) is 40.4 Å². The SMILES string of the molecule is CC(C)(C)c1cc(C(=O)NC(CO)CO)cc(Cl)n1. The van der Waals surface area contributed by atoms with Crippen LogP contribution < -0.4 is 5.32 Å². The van der Waals surface area contributed by atoms with Gasteiger partial charge in [-0.15, -0.1) is 0 Å². The predicted molar refractivity (Wildman–Crippen MR) is 73.4 cm³/mol. The molecule has 0 aliphatic carbocycles. The molecule has 106 valence electrons. The van der Waals surface area contributed by atoms with E-state index in [2.05, 4.69) is 10.3 Å². The number of aliphatic hydroxyl groups is 2. The highest BCUT2D eigenvalue weighted by molar-refractivity contribution is 6.29. The van der Waals surface area contributed by atoms with E-state index in [0.717, 1.165) is 0 Å². The molecule has 1 aromatic heterocycles. The lowest BCUT2D eigenvalue weighted by Crippen LogP contribution is -2.40. The molecule has 3 N–H and O–H groups in total. The number of aromatic nitrogens is 1. The van der Waals surface area contributed by atoms with Crippen LogP contribution in [0.4, 0.5) is 0 Å². The summed E-state index contributed by atoms with van der Waals surface area (Å²) in [7, 11) is 0. The molecule has 6 heteroatoms. The average Bonchev–Trinajstić information content (AvgIpc) is 2.33. The molecule has 1 rings (SSSR count). The number of amides is 1. The highest BCUT2D eigenvalue weighted by Crippen LogP contribution is 2.23. The number of aliphatic hydroxyl groups excluding tert-OH is 2. The van der Waals surface area contributed by atoms with E-state index in [0.29, 0.717) is 11.3 Å². The Hall–Kier alpha value is -1.17. The van der Waals surface area contributed by atoms with Crippen LogP contribution >= 0.6 is 11.6 Å². The molecule has 1 amide bonds. The van der Waals surface area contributed by atoms with E-state index in [1.807, 2.05) is 20.8 Å². The number of hydrogen-bond acceptors (Lipinski definition) is 4. The van der Waals surface area contributed by atoms with Crippen molar-refractivity contribution in [3.63, 3.8) is 0 Å².